The Labute approximate surface area is 188 Å². The maximum Gasteiger partial charge on any atom is 0.416 e. The van der Waals surface area contributed by atoms with Gasteiger partial charge in [0.15, 0.2) is 5.70 Å². The Morgan fingerprint density at radius 2 is 2.06 bits per heavy atom. The molecule has 10 heteroatoms. The summed E-state index contributed by atoms with van der Waals surface area (Å²) in [5.41, 5.74) is -0.435. The molecule has 1 aromatic carbocycles. The number of halogens is 3. The summed E-state index contributed by atoms with van der Waals surface area (Å²) in [5.74, 6) is -3.85. The van der Waals surface area contributed by atoms with Gasteiger partial charge in [-0.2, -0.15) is 18.4 Å². The highest BCUT2D eigenvalue weighted by Gasteiger charge is 2.47. The van der Waals surface area contributed by atoms with Crippen LogP contribution in [0, 0.1) is 23.8 Å². The standard InChI is InChI=1S/C23H18F3N5O2/c1-4-29-21(32)19-18(14-8-9-16(11-27)30-12-14)20(28-3)13(2)31(22(19)33)17-7-5-6-15(10-17)23(24,25)26/h5-10,12,18-19H,4H2,1-2H3,(H,29,32). The van der Waals surface area contributed by atoms with Crippen molar-refractivity contribution in [2.24, 2.45) is 5.92 Å². The zero-order valence-electron chi connectivity index (χ0n) is 17.6. The van der Waals surface area contributed by atoms with Gasteiger partial charge in [0.1, 0.15) is 17.7 Å². The molecule has 1 aliphatic heterocycles. The number of nitrogens with one attached hydrogen (secondary N) is 1. The van der Waals surface area contributed by atoms with Gasteiger partial charge in [-0.15, -0.1) is 0 Å². The highest BCUT2D eigenvalue weighted by atomic mass is 19.4. The maximum absolute atomic E-state index is 13.6. The molecule has 3 rings (SSSR count). The van der Waals surface area contributed by atoms with Crippen LogP contribution in [-0.4, -0.2) is 23.3 Å². The first-order chi connectivity index (χ1) is 15.6. The Hall–Kier alpha value is -4.18. The number of nitrogens with zero attached hydrogens (tertiary/aromatic N) is 4. The van der Waals surface area contributed by atoms with Gasteiger partial charge in [-0.1, -0.05) is 12.1 Å². The number of aromatic nitrogens is 1. The molecule has 2 unspecified atom stereocenters. The molecular formula is C23H18F3N5O2. The number of pyridine rings is 1. The normalized spacial score (nSPS) is 18.5. The first-order valence-electron chi connectivity index (χ1n) is 9.87. The van der Waals surface area contributed by atoms with E-state index in [9.17, 15) is 22.8 Å². The summed E-state index contributed by atoms with van der Waals surface area (Å²) >= 11 is 0. The number of amides is 2. The molecule has 0 bridgehead atoms. The molecule has 7 nitrogen and oxygen atoms in total. The fraction of sp³-hybridized carbons (Fsp3) is 0.261. The maximum atomic E-state index is 13.6. The summed E-state index contributed by atoms with van der Waals surface area (Å²) in [6.45, 7) is 11.0. The van der Waals surface area contributed by atoms with Crippen LogP contribution in [0.2, 0.25) is 0 Å². The average molecular weight is 453 g/mol. The Balaban J connectivity index is 2.23. The summed E-state index contributed by atoms with van der Waals surface area (Å²) in [7, 11) is 0. The van der Waals surface area contributed by atoms with Crippen LogP contribution in [0.4, 0.5) is 18.9 Å². The highest BCUT2D eigenvalue weighted by Crippen LogP contribution is 2.43. The molecule has 2 atom stereocenters. The van der Waals surface area contributed by atoms with E-state index in [0.717, 1.165) is 23.1 Å². The number of hydrogen-bond acceptors (Lipinski definition) is 4. The van der Waals surface area contributed by atoms with Crippen molar-refractivity contribution in [2.45, 2.75) is 25.9 Å². The molecule has 33 heavy (non-hydrogen) atoms. The molecule has 0 saturated carbocycles. The highest BCUT2D eigenvalue weighted by molar-refractivity contribution is 6.11. The lowest BCUT2D eigenvalue weighted by molar-refractivity contribution is -0.138. The van der Waals surface area contributed by atoms with Crippen LogP contribution < -0.4 is 10.2 Å². The predicted octanol–water partition coefficient (Wildman–Crippen LogP) is 4.01. The van der Waals surface area contributed by atoms with Crippen LogP contribution in [-0.2, 0) is 15.8 Å². The van der Waals surface area contributed by atoms with Crippen LogP contribution in [0.5, 0.6) is 0 Å². The molecule has 168 valence electrons. The van der Waals surface area contributed by atoms with Crippen LogP contribution in [0.1, 0.15) is 36.6 Å². The van der Waals surface area contributed by atoms with Crippen LogP contribution in [0.25, 0.3) is 4.85 Å². The van der Waals surface area contributed by atoms with Crippen molar-refractivity contribution in [2.75, 3.05) is 11.4 Å². The van der Waals surface area contributed by atoms with E-state index >= 15 is 0 Å². The molecular weight excluding hydrogens is 435 g/mol. The van der Waals surface area contributed by atoms with Gasteiger partial charge in [-0.05, 0) is 43.7 Å². The van der Waals surface area contributed by atoms with Crippen LogP contribution in [0.15, 0.2) is 54.0 Å². The third kappa shape index (κ3) is 4.41. The Morgan fingerprint density at radius 3 is 2.61 bits per heavy atom. The minimum atomic E-state index is -4.63. The lowest BCUT2D eigenvalue weighted by Crippen LogP contribution is -2.49. The summed E-state index contributed by atoms with van der Waals surface area (Å²) in [6.07, 6.45) is -3.31. The fourth-order valence-corrected chi connectivity index (χ4v) is 3.79. The summed E-state index contributed by atoms with van der Waals surface area (Å²) in [4.78, 5) is 35.0. The molecule has 1 aromatic heterocycles. The van der Waals surface area contributed by atoms with Gasteiger partial charge < -0.3 is 5.32 Å². The van der Waals surface area contributed by atoms with Crippen LogP contribution >= 0.6 is 0 Å². The van der Waals surface area contributed by atoms with Crippen molar-refractivity contribution in [3.63, 3.8) is 0 Å². The minimum absolute atomic E-state index is 0.0229. The smallest absolute Gasteiger partial charge is 0.356 e. The van der Waals surface area contributed by atoms with Crippen molar-refractivity contribution in [1.29, 1.82) is 5.26 Å². The average Bonchev–Trinajstić information content (AvgIpc) is 2.78. The number of anilines is 1. The summed E-state index contributed by atoms with van der Waals surface area (Å²) in [6, 6.07) is 8.94. The molecule has 0 saturated heterocycles. The monoisotopic (exact) mass is 453 g/mol. The second-order valence-electron chi connectivity index (χ2n) is 7.24. The second kappa shape index (κ2) is 9.13. The SMILES string of the molecule is [C-]#[N+]C1=C(C)N(c2cccc(C(F)(F)F)c2)C(=O)C(C(=O)NCC)C1c1ccc(C#N)nc1. The van der Waals surface area contributed by atoms with E-state index in [2.05, 4.69) is 15.1 Å². The number of carbonyl (C=O) groups excluding carboxylic acids is 2. The predicted molar refractivity (Wildman–Crippen MR) is 112 cm³/mol. The molecule has 0 spiro atoms. The lowest BCUT2D eigenvalue weighted by Gasteiger charge is -2.38. The minimum Gasteiger partial charge on any atom is -0.356 e. The van der Waals surface area contributed by atoms with Crippen molar-refractivity contribution in [1.82, 2.24) is 10.3 Å². The van der Waals surface area contributed by atoms with Gasteiger partial charge in [-0.25, -0.2) is 9.83 Å². The van der Waals surface area contributed by atoms with E-state index in [1.165, 1.54) is 31.3 Å². The quantitative estimate of drug-likeness (QED) is 0.560. The summed E-state index contributed by atoms with van der Waals surface area (Å²) in [5, 5.41) is 11.6. The molecule has 0 fully saturated rings. The van der Waals surface area contributed by atoms with Crippen LogP contribution in [0.3, 0.4) is 0 Å². The van der Waals surface area contributed by atoms with Crippen molar-refractivity contribution in [3.05, 3.63) is 82.2 Å². The van der Waals surface area contributed by atoms with E-state index < -0.39 is 35.4 Å². The Kier molecular flexibility index (Phi) is 6.50. The Morgan fingerprint density at radius 1 is 1.33 bits per heavy atom. The zero-order chi connectivity index (χ0) is 24.3. The third-order valence-corrected chi connectivity index (χ3v) is 5.27. The van der Waals surface area contributed by atoms with Gasteiger partial charge in [-0.3, -0.25) is 14.5 Å². The number of alkyl halides is 3. The summed E-state index contributed by atoms with van der Waals surface area (Å²) < 4.78 is 39.8. The topological polar surface area (TPSA) is 90.5 Å². The molecule has 0 aliphatic carbocycles. The first-order valence-corrected chi connectivity index (χ1v) is 9.87. The third-order valence-electron chi connectivity index (χ3n) is 5.27. The molecule has 2 aromatic rings. The molecule has 2 heterocycles. The van der Waals surface area contributed by atoms with Gasteiger partial charge in [0.2, 0.25) is 11.8 Å². The molecule has 0 radical (unpaired) electrons. The number of rotatable bonds is 4. The second-order valence-corrected chi connectivity index (χ2v) is 7.24. The zero-order valence-corrected chi connectivity index (χ0v) is 17.6. The Bertz CT molecular complexity index is 1210. The fourth-order valence-electron chi connectivity index (χ4n) is 3.79. The number of carbonyl (C=O) groups is 2. The van der Waals surface area contributed by atoms with Crippen molar-refractivity contribution >= 4 is 17.5 Å². The number of benzene rings is 1. The molecule has 1 aliphatic rings. The number of hydrogen-bond donors (Lipinski definition) is 1. The van der Waals surface area contributed by atoms with Gasteiger partial charge in [0, 0.05) is 30.0 Å². The van der Waals surface area contributed by atoms with Gasteiger partial charge >= 0.3 is 6.18 Å². The van der Waals surface area contributed by atoms with Gasteiger partial charge in [0.25, 0.3) is 0 Å². The largest absolute Gasteiger partial charge is 0.416 e. The lowest BCUT2D eigenvalue weighted by atomic mass is 9.79. The van der Waals surface area contributed by atoms with Crippen molar-refractivity contribution < 1.29 is 22.8 Å². The van der Waals surface area contributed by atoms with E-state index in [1.807, 2.05) is 6.07 Å². The van der Waals surface area contributed by atoms with Gasteiger partial charge in [0.05, 0.1) is 12.1 Å². The molecule has 1 N–H and O–H groups in total. The number of allylic oxidation sites excluding steroid dienone is 2. The van der Waals surface area contributed by atoms with E-state index in [0.29, 0.717) is 5.56 Å². The number of nitriles is 1. The first kappa shape index (κ1) is 23.5. The molecule has 2 amide bonds. The van der Waals surface area contributed by atoms with E-state index in [1.54, 1.807) is 6.92 Å². The van der Waals surface area contributed by atoms with E-state index in [-0.39, 0.29) is 29.3 Å². The van der Waals surface area contributed by atoms with E-state index in [4.69, 9.17) is 11.8 Å². The van der Waals surface area contributed by atoms with Crippen molar-refractivity contribution in [3.8, 4) is 6.07 Å².